The van der Waals surface area contributed by atoms with Crippen LogP contribution in [-0.4, -0.2) is 30.8 Å². The maximum atomic E-state index is 12.2. The number of H-pyrrole nitrogens is 1. The van der Waals surface area contributed by atoms with Crippen molar-refractivity contribution in [1.29, 1.82) is 0 Å². The maximum absolute atomic E-state index is 12.2. The Hall–Kier alpha value is -4.06. The van der Waals surface area contributed by atoms with Crippen molar-refractivity contribution in [1.82, 2.24) is 10.4 Å². The Bertz CT molecular complexity index is 1180. The van der Waals surface area contributed by atoms with Gasteiger partial charge in [-0.3, -0.25) is 4.79 Å². The Kier molecular flexibility index (Phi) is 5.75. The third-order valence-corrected chi connectivity index (χ3v) is 4.74. The number of hydrogen-bond donors (Lipinski definition) is 3. The fourth-order valence-corrected chi connectivity index (χ4v) is 3.30. The molecule has 0 aliphatic carbocycles. The zero-order chi connectivity index (χ0) is 20.8. The van der Waals surface area contributed by atoms with Gasteiger partial charge in [0, 0.05) is 16.5 Å². The fraction of sp³-hybridized carbons (Fsp3) is 0.0833. The quantitative estimate of drug-likeness (QED) is 0.319. The highest BCUT2D eigenvalue weighted by atomic mass is 16.5. The molecular weight excluding hydrogens is 376 g/mol. The van der Waals surface area contributed by atoms with Gasteiger partial charge in [0.1, 0.15) is 5.75 Å². The van der Waals surface area contributed by atoms with E-state index in [4.69, 9.17) is 4.74 Å². The van der Waals surface area contributed by atoms with Crippen LogP contribution in [0.1, 0.15) is 5.56 Å². The number of methoxy groups -OCH3 is 1. The zero-order valence-electron chi connectivity index (χ0n) is 16.6. The summed E-state index contributed by atoms with van der Waals surface area (Å²) in [6.45, 7) is 0.0805. The molecule has 1 aromatic heterocycles. The van der Waals surface area contributed by atoms with Crippen molar-refractivity contribution in [2.24, 2.45) is 5.10 Å². The number of rotatable bonds is 7. The lowest BCUT2D eigenvalue weighted by atomic mass is 10.1. The first-order valence-corrected chi connectivity index (χ1v) is 9.61. The minimum atomic E-state index is -0.252. The van der Waals surface area contributed by atoms with Gasteiger partial charge in [0.15, 0.2) is 0 Å². The number of nitrogens with one attached hydrogen (secondary N) is 3. The minimum absolute atomic E-state index is 0.0805. The summed E-state index contributed by atoms with van der Waals surface area (Å²) >= 11 is 0. The van der Waals surface area contributed by atoms with Crippen molar-refractivity contribution < 1.29 is 9.53 Å². The van der Waals surface area contributed by atoms with Gasteiger partial charge in [-0.25, -0.2) is 5.43 Å². The van der Waals surface area contributed by atoms with Crippen molar-refractivity contribution in [3.05, 3.63) is 84.4 Å². The molecule has 0 fully saturated rings. The summed E-state index contributed by atoms with van der Waals surface area (Å²) in [4.78, 5) is 15.7. The molecule has 4 rings (SSSR count). The van der Waals surface area contributed by atoms with E-state index in [1.54, 1.807) is 13.3 Å². The van der Waals surface area contributed by atoms with E-state index < -0.39 is 0 Å². The Morgan fingerprint density at radius 2 is 1.73 bits per heavy atom. The van der Waals surface area contributed by atoms with Crippen molar-refractivity contribution in [3.8, 4) is 17.0 Å². The maximum Gasteiger partial charge on any atom is 0.259 e. The van der Waals surface area contributed by atoms with Gasteiger partial charge in [0.05, 0.1) is 31.3 Å². The van der Waals surface area contributed by atoms with Crippen LogP contribution in [0.3, 0.4) is 0 Å². The number of benzene rings is 3. The van der Waals surface area contributed by atoms with Gasteiger partial charge >= 0.3 is 0 Å². The van der Waals surface area contributed by atoms with E-state index in [2.05, 4.69) is 20.8 Å². The van der Waals surface area contributed by atoms with Crippen LogP contribution in [0.2, 0.25) is 0 Å². The van der Waals surface area contributed by atoms with Crippen molar-refractivity contribution in [2.45, 2.75) is 0 Å². The lowest BCUT2D eigenvalue weighted by Crippen LogP contribution is -2.26. The summed E-state index contributed by atoms with van der Waals surface area (Å²) in [7, 11) is 1.59. The molecule has 0 atom stereocenters. The monoisotopic (exact) mass is 398 g/mol. The average Bonchev–Trinajstić information content (AvgIpc) is 3.17. The molecule has 0 radical (unpaired) electrons. The Morgan fingerprint density at radius 1 is 1.00 bits per heavy atom. The summed E-state index contributed by atoms with van der Waals surface area (Å²) in [5, 5.41) is 8.29. The summed E-state index contributed by atoms with van der Waals surface area (Å²) in [6.07, 6.45) is 1.68. The number of para-hydroxylation sites is 3. The predicted molar refractivity (Wildman–Crippen MR) is 121 cm³/mol. The van der Waals surface area contributed by atoms with Crippen LogP contribution in [0.5, 0.6) is 5.75 Å². The van der Waals surface area contributed by atoms with Gasteiger partial charge in [-0.05, 0) is 23.8 Å². The number of amides is 1. The molecule has 150 valence electrons. The highest BCUT2D eigenvalue weighted by Crippen LogP contribution is 2.29. The number of carbonyl (C=O) groups excluding carboxylic acids is 1. The second-order valence-corrected chi connectivity index (χ2v) is 6.67. The number of ether oxygens (including phenoxy) is 1. The molecule has 6 heteroatoms. The summed E-state index contributed by atoms with van der Waals surface area (Å²) in [5.74, 6) is 0.429. The van der Waals surface area contributed by atoms with Gasteiger partial charge in [-0.15, -0.1) is 0 Å². The molecule has 30 heavy (non-hydrogen) atoms. The number of fused-ring (bicyclic) bond motifs is 1. The summed E-state index contributed by atoms with van der Waals surface area (Å²) in [5.41, 5.74) is 7.29. The van der Waals surface area contributed by atoms with Crippen LogP contribution in [0, 0.1) is 0 Å². The number of hydrogen-bond acceptors (Lipinski definition) is 4. The van der Waals surface area contributed by atoms with Crippen LogP contribution in [-0.2, 0) is 4.79 Å². The third-order valence-electron chi connectivity index (χ3n) is 4.74. The van der Waals surface area contributed by atoms with Gasteiger partial charge in [-0.2, -0.15) is 5.10 Å². The van der Waals surface area contributed by atoms with Gasteiger partial charge in [0.25, 0.3) is 5.91 Å². The predicted octanol–water partition coefficient (Wildman–Crippen LogP) is 4.41. The number of nitrogens with zero attached hydrogens (tertiary/aromatic N) is 1. The highest BCUT2D eigenvalue weighted by Gasteiger charge is 2.11. The second kappa shape index (κ2) is 8.96. The van der Waals surface area contributed by atoms with Crippen LogP contribution in [0.4, 0.5) is 5.69 Å². The number of hydrazone groups is 1. The van der Waals surface area contributed by atoms with Crippen molar-refractivity contribution in [3.63, 3.8) is 0 Å². The third kappa shape index (κ3) is 4.17. The minimum Gasteiger partial charge on any atom is -0.495 e. The first-order chi connectivity index (χ1) is 14.8. The number of carbonyl (C=O) groups is 1. The van der Waals surface area contributed by atoms with Crippen LogP contribution in [0.15, 0.2) is 84.0 Å². The molecule has 0 saturated heterocycles. The van der Waals surface area contributed by atoms with Gasteiger partial charge in [0.2, 0.25) is 0 Å². The number of aromatic amines is 1. The van der Waals surface area contributed by atoms with Crippen molar-refractivity contribution >= 4 is 28.7 Å². The average molecular weight is 398 g/mol. The standard InChI is InChI=1S/C24H22N4O2/c1-30-22-14-8-7-13-21(22)25-16-23(29)28-26-15-19-18-11-5-6-12-20(18)27-24(19)17-9-3-2-4-10-17/h2-15,25,27H,16H2,1H3,(H,28,29)/b26-15+. The van der Waals surface area contributed by atoms with Crippen LogP contribution < -0.4 is 15.5 Å². The molecule has 0 unspecified atom stereocenters. The van der Waals surface area contributed by atoms with E-state index in [0.29, 0.717) is 5.75 Å². The van der Waals surface area contributed by atoms with Gasteiger partial charge in [-0.1, -0.05) is 60.7 Å². The first kappa shape index (κ1) is 19.3. The van der Waals surface area contributed by atoms with E-state index >= 15 is 0 Å². The fourth-order valence-electron chi connectivity index (χ4n) is 3.30. The Balaban J connectivity index is 1.49. The molecule has 0 aliphatic rings. The van der Waals surface area contributed by atoms with Crippen LogP contribution >= 0.6 is 0 Å². The second-order valence-electron chi connectivity index (χ2n) is 6.67. The molecule has 4 aromatic rings. The Labute approximate surface area is 174 Å². The van der Waals surface area contributed by atoms with Crippen LogP contribution in [0.25, 0.3) is 22.2 Å². The van der Waals surface area contributed by atoms with Crippen molar-refractivity contribution in [2.75, 3.05) is 19.0 Å². The normalized spacial score (nSPS) is 11.0. The number of aromatic nitrogens is 1. The Morgan fingerprint density at radius 3 is 2.57 bits per heavy atom. The smallest absolute Gasteiger partial charge is 0.259 e. The summed E-state index contributed by atoms with van der Waals surface area (Å²) < 4.78 is 5.28. The summed E-state index contributed by atoms with van der Waals surface area (Å²) in [6, 6.07) is 25.5. The number of anilines is 1. The zero-order valence-corrected chi connectivity index (χ0v) is 16.6. The molecule has 1 amide bonds. The lowest BCUT2D eigenvalue weighted by Gasteiger charge is -2.09. The van der Waals surface area contributed by atoms with E-state index in [1.807, 2.05) is 78.9 Å². The topological polar surface area (TPSA) is 78.5 Å². The molecule has 6 nitrogen and oxygen atoms in total. The molecule has 0 bridgehead atoms. The SMILES string of the molecule is COc1ccccc1NCC(=O)N/N=C/c1c(-c2ccccc2)[nH]c2ccccc12. The van der Waals surface area contributed by atoms with E-state index in [-0.39, 0.29) is 12.5 Å². The van der Waals surface area contributed by atoms with E-state index in [1.165, 1.54) is 0 Å². The lowest BCUT2D eigenvalue weighted by molar-refractivity contribution is -0.119. The molecule has 0 aliphatic heterocycles. The van der Waals surface area contributed by atoms with E-state index in [9.17, 15) is 4.79 Å². The molecule has 0 spiro atoms. The molecule has 0 saturated carbocycles. The van der Waals surface area contributed by atoms with Gasteiger partial charge < -0.3 is 15.0 Å². The molecule has 3 N–H and O–H groups in total. The van der Waals surface area contributed by atoms with E-state index in [0.717, 1.165) is 33.4 Å². The molecule has 1 heterocycles. The molecule has 3 aromatic carbocycles. The largest absolute Gasteiger partial charge is 0.495 e. The molecular formula is C24H22N4O2. The highest BCUT2D eigenvalue weighted by molar-refractivity contribution is 6.06. The first-order valence-electron chi connectivity index (χ1n) is 9.61.